The number of rotatable bonds is 4. The van der Waals surface area contributed by atoms with Gasteiger partial charge in [-0.05, 0) is 25.0 Å². The van der Waals surface area contributed by atoms with Gasteiger partial charge in [-0.25, -0.2) is 9.97 Å². The lowest BCUT2D eigenvalue weighted by molar-refractivity contribution is 0.234. The number of aromatic nitrogens is 3. The summed E-state index contributed by atoms with van der Waals surface area (Å²) in [6.45, 7) is 2.61. The Balaban J connectivity index is 1.26. The molecule has 0 radical (unpaired) electrons. The SMILES string of the molecule is c1coc(-c2cc(CN3CCc4nc(C5CCCCC5)ncc4C3)no2)c1. The van der Waals surface area contributed by atoms with Gasteiger partial charge >= 0.3 is 0 Å². The maximum absolute atomic E-state index is 5.41. The Labute approximate surface area is 158 Å². The first-order chi connectivity index (χ1) is 13.3. The van der Waals surface area contributed by atoms with Crippen LogP contribution in [-0.2, 0) is 19.5 Å². The molecule has 0 N–H and O–H groups in total. The molecule has 0 bridgehead atoms. The molecule has 3 aromatic rings. The van der Waals surface area contributed by atoms with Gasteiger partial charge in [0.05, 0.1) is 12.0 Å². The fourth-order valence-electron chi connectivity index (χ4n) is 4.23. The highest BCUT2D eigenvalue weighted by Gasteiger charge is 2.23. The van der Waals surface area contributed by atoms with Crippen molar-refractivity contribution in [1.82, 2.24) is 20.0 Å². The first-order valence-corrected chi connectivity index (χ1v) is 9.92. The fraction of sp³-hybridized carbons (Fsp3) is 0.476. The van der Waals surface area contributed by atoms with Gasteiger partial charge in [-0.3, -0.25) is 4.90 Å². The Bertz CT molecular complexity index is 897. The van der Waals surface area contributed by atoms with Crippen LogP contribution in [0.2, 0.25) is 0 Å². The highest BCUT2D eigenvalue weighted by Crippen LogP contribution is 2.31. The number of hydrogen-bond donors (Lipinski definition) is 0. The van der Waals surface area contributed by atoms with E-state index in [1.54, 1.807) is 6.26 Å². The van der Waals surface area contributed by atoms with Crippen molar-refractivity contribution >= 4 is 0 Å². The van der Waals surface area contributed by atoms with Crippen LogP contribution in [0.15, 0.2) is 39.6 Å². The van der Waals surface area contributed by atoms with Crippen LogP contribution in [0, 0.1) is 0 Å². The van der Waals surface area contributed by atoms with E-state index < -0.39 is 0 Å². The van der Waals surface area contributed by atoms with Crippen LogP contribution in [-0.4, -0.2) is 26.6 Å². The summed E-state index contributed by atoms with van der Waals surface area (Å²) in [5.41, 5.74) is 3.40. The smallest absolute Gasteiger partial charge is 0.202 e. The number of hydrogen-bond acceptors (Lipinski definition) is 6. The second-order valence-corrected chi connectivity index (χ2v) is 7.66. The summed E-state index contributed by atoms with van der Waals surface area (Å²) in [6, 6.07) is 5.68. The minimum absolute atomic E-state index is 0.567. The molecule has 6 nitrogen and oxygen atoms in total. The maximum atomic E-state index is 5.41. The lowest BCUT2D eigenvalue weighted by atomic mass is 9.88. The average Bonchev–Trinajstić information content (AvgIpc) is 3.40. The van der Waals surface area contributed by atoms with Crippen molar-refractivity contribution in [2.24, 2.45) is 0 Å². The molecule has 2 aliphatic rings. The first-order valence-electron chi connectivity index (χ1n) is 9.92. The van der Waals surface area contributed by atoms with Gasteiger partial charge in [0, 0.05) is 55.5 Å². The molecule has 5 rings (SSSR count). The molecule has 1 fully saturated rings. The van der Waals surface area contributed by atoms with Crippen LogP contribution in [0.3, 0.4) is 0 Å². The molecule has 0 spiro atoms. The molecule has 3 aromatic heterocycles. The second kappa shape index (κ2) is 7.27. The number of fused-ring (bicyclic) bond motifs is 1. The first kappa shape index (κ1) is 16.7. The van der Waals surface area contributed by atoms with Crippen LogP contribution in [0.5, 0.6) is 0 Å². The van der Waals surface area contributed by atoms with Crippen LogP contribution in [0.4, 0.5) is 0 Å². The van der Waals surface area contributed by atoms with E-state index >= 15 is 0 Å². The molecule has 140 valence electrons. The highest BCUT2D eigenvalue weighted by molar-refractivity contribution is 5.49. The molecule has 0 aromatic carbocycles. The molecular weight excluding hydrogens is 340 g/mol. The van der Waals surface area contributed by atoms with E-state index in [1.165, 1.54) is 43.4 Å². The predicted molar refractivity (Wildman–Crippen MR) is 99.9 cm³/mol. The van der Waals surface area contributed by atoms with Gasteiger partial charge in [0.25, 0.3) is 0 Å². The Kier molecular flexibility index (Phi) is 4.49. The van der Waals surface area contributed by atoms with Gasteiger partial charge in [0.1, 0.15) is 5.82 Å². The normalized spacial score (nSPS) is 18.5. The molecule has 0 amide bonds. The molecule has 27 heavy (non-hydrogen) atoms. The highest BCUT2D eigenvalue weighted by atomic mass is 16.5. The third-order valence-corrected chi connectivity index (χ3v) is 5.71. The zero-order chi connectivity index (χ0) is 18.1. The van der Waals surface area contributed by atoms with Crippen molar-refractivity contribution in [3.8, 4) is 11.5 Å². The lowest BCUT2D eigenvalue weighted by Gasteiger charge is -2.28. The largest absolute Gasteiger partial charge is 0.461 e. The Morgan fingerprint density at radius 2 is 2.07 bits per heavy atom. The van der Waals surface area contributed by atoms with E-state index in [2.05, 4.69) is 16.3 Å². The standard InChI is InChI=1S/C21H24N4O2/c1-2-5-15(6-3-1)21-22-12-16-13-25(9-8-18(16)23-21)14-17-11-20(27-24-17)19-7-4-10-26-19/h4,7,10-12,15H,1-3,5-6,8-9,13-14H2. The van der Waals surface area contributed by atoms with Gasteiger partial charge < -0.3 is 8.94 Å². The molecule has 1 aliphatic carbocycles. The molecule has 6 heteroatoms. The van der Waals surface area contributed by atoms with Gasteiger partial charge in [-0.1, -0.05) is 24.4 Å². The zero-order valence-electron chi connectivity index (χ0n) is 15.4. The van der Waals surface area contributed by atoms with E-state index in [1.807, 2.05) is 18.2 Å². The summed E-state index contributed by atoms with van der Waals surface area (Å²) in [4.78, 5) is 12.0. The van der Waals surface area contributed by atoms with Gasteiger partial charge in [-0.15, -0.1) is 0 Å². The van der Waals surface area contributed by atoms with E-state index in [9.17, 15) is 0 Å². The minimum Gasteiger partial charge on any atom is -0.461 e. The van der Waals surface area contributed by atoms with Crippen molar-refractivity contribution in [3.63, 3.8) is 0 Å². The van der Waals surface area contributed by atoms with Gasteiger partial charge in [-0.2, -0.15) is 0 Å². The third kappa shape index (κ3) is 3.54. The van der Waals surface area contributed by atoms with E-state index in [0.717, 1.165) is 37.6 Å². The van der Waals surface area contributed by atoms with E-state index in [0.29, 0.717) is 17.4 Å². The lowest BCUT2D eigenvalue weighted by Crippen LogP contribution is -2.31. The quantitative estimate of drug-likeness (QED) is 0.686. The third-order valence-electron chi connectivity index (χ3n) is 5.71. The summed E-state index contributed by atoms with van der Waals surface area (Å²) in [7, 11) is 0. The summed E-state index contributed by atoms with van der Waals surface area (Å²) in [5.74, 6) is 3.02. The fourth-order valence-corrected chi connectivity index (χ4v) is 4.23. The van der Waals surface area contributed by atoms with Crippen molar-refractivity contribution < 1.29 is 8.94 Å². The van der Waals surface area contributed by atoms with Crippen molar-refractivity contribution in [3.05, 3.63) is 53.4 Å². The average molecular weight is 364 g/mol. The van der Waals surface area contributed by atoms with Crippen LogP contribution in [0.25, 0.3) is 11.5 Å². The predicted octanol–water partition coefficient (Wildman–Crippen LogP) is 4.33. The van der Waals surface area contributed by atoms with Crippen LogP contribution >= 0.6 is 0 Å². The minimum atomic E-state index is 0.567. The Hall–Kier alpha value is -2.47. The summed E-state index contributed by atoms with van der Waals surface area (Å²) in [5, 5.41) is 4.19. The molecule has 0 saturated heterocycles. The zero-order valence-corrected chi connectivity index (χ0v) is 15.4. The molecule has 1 aliphatic heterocycles. The van der Waals surface area contributed by atoms with Crippen LogP contribution < -0.4 is 0 Å². The Morgan fingerprint density at radius 3 is 2.93 bits per heavy atom. The van der Waals surface area contributed by atoms with Crippen molar-refractivity contribution in [2.75, 3.05) is 6.54 Å². The molecular formula is C21H24N4O2. The second-order valence-electron chi connectivity index (χ2n) is 7.66. The molecule has 4 heterocycles. The maximum Gasteiger partial charge on any atom is 0.202 e. The van der Waals surface area contributed by atoms with Crippen molar-refractivity contribution in [1.29, 1.82) is 0 Å². The summed E-state index contributed by atoms with van der Waals surface area (Å²) >= 11 is 0. The van der Waals surface area contributed by atoms with E-state index in [-0.39, 0.29) is 0 Å². The summed E-state index contributed by atoms with van der Waals surface area (Å²) in [6.07, 6.45) is 11.1. The molecule has 0 atom stereocenters. The molecule has 1 saturated carbocycles. The van der Waals surface area contributed by atoms with Gasteiger partial charge in [0.15, 0.2) is 5.76 Å². The number of nitrogens with zero attached hydrogens (tertiary/aromatic N) is 4. The monoisotopic (exact) mass is 364 g/mol. The Morgan fingerprint density at radius 1 is 1.15 bits per heavy atom. The summed E-state index contributed by atoms with van der Waals surface area (Å²) < 4.78 is 10.8. The topological polar surface area (TPSA) is 68.2 Å². The van der Waals surface area contributed by atoms with Crippen LogP contribution in [0.1, 0.15) is 60.8 Å². The van der Waals surface area contributed by atoms with E-state index in [4.69, 9.17) is 18.9 Å². The van der Waals surface area contributed by atoms with Gasteiger partial charge in [0.2, 0.25) is 5.76 Å². The number of furan rings is 1. The molecule has 0 unspecified atom stereocenters. The van der Waals surface area contributed by atoms with Crippen molar-refractivity contribution in [2.45, 2.75) is 57.5 Å².